The monoisotopic (exact) mass is 544 g/mol. The lowest BCUT2D eigenvalue weighted by molar-refractivity contribution is -0.149. The number of carboxylic acid groups (broad SMARTS) is 1. The highest BCUT2D eigenvalue weighted by Gasteiger charge is 2.37. The molecule has 38 heavy (non-hydrogen) atoms. The van der Waals surface area contributed by atoms with Crippen LogP contribution in [0, 0.1) is 12.8 Å². The van der Waals surface area contributed by atoms with Gasteiger partial charge in [-0.05, 0) is 49.8 Å². The molecule has 3 heterocycles. The number of fused-ring (bicyclic) bond motifs is 1. The summed E-state index contributed by atoms with van der Waals surface area (Å²) in [7, 11) is -4.17. The van der Waals surface area contributed by atoms with Gasteiger partial charge >= 0.3 is 6.16 Å². The van der Waals surface area contributed by atoms with Gasteiger partial charge in [0.05, 0.1) is 5.52 Å². The molecule has 4 N–H and O–H groups in total. The number of benzene rings is 1. The van der Waals surface area contributed by atoms with Gasteiger partial charge in [0.25, 0.3) is 0 Å². The van der Waals surface area contributed by atoms with Crippen molar-refractivity contribution in [1.82, 2.24) is 24.6 Å². The Morgan fingerprint density at radius 3 is 2.82 bits per heavy atom. The first-order chi connectivity index (χ1) is 18.2. The molecule has 0 saturated carbocycles. The molecule has 1 saturated heterocycles. The summed E-state index contributed by atoms with van der Waals surface area (Å²) in [6.45, 7) is 4.51. The second-order valence-electron chi connectivity index (χ2n) is 9.46. The van der Waals surface area contributed by atoms with Gasteiger partial charge in [-0.2, -0.15) is 4.72 Å². The van der Waals surface area contributed by atoms with E-state index in [1.54, 1.807) is 36.8 Å². The number of H-pyrrole nitrogens is 1. The summed E-state index contributed by atoms with van der Waals surface area (Å²) in [6, 6.07) is 5.54. The molecule has 3 atom stereocenters. The number of carbonyl (C=O) groups is 2. The van der Waals surface area contributed by atoms with Crippen LogP contribution in [0.3, 0.4) is 0 Å². The Hall–Kier alpha value is -3.71. The third kappa shape index (κ3) is 6.40. The number of sulfonamides is 1. The first-order valence-corrected chi connectivity index (χ1v) is 13.9. The fourth-order valence-electron chi connectivity index (χ4n) is 4.64. The van der Waals surface area contributed by atoms with Crippen LogP contribution < -0.4 is 10.0 Å². The molecule has 0 unspecified atom stereocenters. The quantitative estimate of drug-likeness (QED) is 0.221. The maximum Gasteiger partial charge on any atom is 0.507 e. The molecule has 1 aromatic carbocycles. The number of nitrogens with one attached hydrogen (secondary N) is 3. The third-order valence-corrected chi connectivity index (χ3v) is 8.13. The van der Waals surface area contributed by atoms with Crippen molar-refractivity contribution in [2.24, 2.45) is 5.92 Å². The Bertz CT molecular complexity index is 1380. The highest BCUT2D eigenvalue weighted by molar-refractivity contribution is 7.89. The van der Waals surface area contributed by atoms with Crippen molar-refractivity contribution in [3.8, 4) is 0 Å². The Labute approximate surface area is 220 Å². The number of para-hydroxylation sites is 1. The summed E-state index contributed by atoms with van der Waals surface area (Å²) in [5.74, 6) is 0.181. The van der Waals surface area contributed by atoms with E-state index < -0.39 is 34.4 Å². The minimum Gasteiger partial charge on any atom is -0.450 e. The van der Waals surface area contributed by atoms with Crippen molar-refractivity contribution in [3.63, 3.8) is 0 Å². The molecule has 4 rings (SSSR count). The van der Waals surface area contributed by atoms with E-state index in [4.69, 9.17) is 4.74 Å². The number of aryl methyl sites for hydroxylation is 1. The molecule has 3 aromatic rings. The van der Waals surface area contributed by atoms with Gasteiger partial charge in [-0.25, -0.2) is 18.2 Å². The maximum absolute atomic E-state index is 13.7. The van der Waals surface area contributed by atoms with Gasteiger partial charge in [0.15, 0.2) is 12.2 Å². The van der Waals surface area contributed by atoms with Crippen molar-refractivity contribution in [1.29, 1.82) is 0 Å². The van der Waals surface area contributed by atoms with E-state index >= 15 is 0 Å². The zero-order valence-electron chi connectivity index (χ0n) is 21.3. The molecule has 13 heteroatoms. The predicted octanol–water partition coefficient (Wildman–Crippen LogP) is 3.08. The lowest BCUT2D eigenvalue weighted by Crippen LogP contribution is -2.55. The number of hydrogen-bond donors (Lipinski definition) is 4. The van der Waals surface area contributed by atoms with Gasteiger partial charge in [0.2, 0.25) is 15.9 Å². The Morgan fingerprint density at radius 2 is 2.08 bits per heavy atom. The van der Waals surface area contributed by atoms with Crippen LogP contribution in [-0.4, -0.2) is 70.8 Å². The van der Waals surface area contributed by atoms with Crippen molar-refractivity contribution < 1.29 is 27.9 Å². The van der Waals surface area contributed by atoms with Crippen molar-refractivity contribution in [2.75, 3.05) is 18.4 Å². The van der Waals surface area contributed by atoms with Gasteiger partial charge < -0.3 is 25.0 Å². The van der Waals surface area contributed by atoms with Crippen LogP contribution in [-0.2, 0) is 19.6 Å². The molecular weight excluding hydrogens is 512 g/mol. The molecule has 0 aliphatic carbocycles. The lowest BCUT2D eigenvalue weighted by Gasteiger charge is -2.38. The number of rotatable bonds is 10. The fourth-order valence-corrected chi connectivity index (χ4v) is 6.03. The summed E-state index contributed by atoms with van der Waals surface area (Å²) < 4.78 is 34.8. The number of anilines is 1. The molecule has 12 nitrogen and oxygen atoms in total. The second-order valence-corrected chi connectivity index (χ2v) is 11.1. The Balaban J connectivity index is 1.59. The van der Waals surface area contributed by atoms with E-state index in [2.05, 4.69) is 25.0 Å². The Morgan fingerprint density at radius 1 is 1.26 bits per heavy atom. The number of carbonyl (C=O) groups excluding carboxylic acids is 1. The number of ether oxygens (including phenoxy) is 1. The first-order valence-electron chi connectivity index (χ1n) is 12.5. The normalized spacial score (nSPS) is 18.7. The summed E-state index contributed by atoms with van der Waals surface area (Å²) >= 11 is 0. The van der Waals surface area contributed by atoms with Crippen molar-refractivity contribution >= 4 is 38.9 Å². The largest absolute Gasteiger partial charge is 0.507 e. The molecule has 0 bridgehead atoms. The molecule has 0 spiro atoms. The minimum absolute atomic E-state index is 0.0317. The number of imidazole rings is 1. The van der Waals surface area contributed by atoms with Crippen molar-refractivity contribution in [2.45, 2.75) is 56.7 Å². The number of aromatic nitrogens is 3. The van der Waals surface area contributed by atoms with E-state index in [1.807, 2.05) is 13.8 Å². The summed E-state index contributed by atoms with van der Waals surface area (Å²) in [6.07, 6.45) is 3.92. The fraction of sp³-hybridized carbons (Fsp3) is 0.440. The van der Waals surface area contributed by atoms with Gasteiger partial charge in [-0.1, -0.05) is 19.1 Å². The van der Waals surface area contributed by atoms with Crippen molar-refractivity contribution in [3.05, 3.63) is 48.4 Å². The van der Waals surface area contributed by atoms with Crippen LogP contribution in [0.4, 0.5) is 10.7 Å². The second kappa shape index (κ2) is 11.8. The predicted molar refractivity (Wildman–Crippen MR) is 140 cm³/mol. The number of pyridine rings is 1. The molecule has 0 radical (unpaired) electrons. The Kier molecular flexibility index (Phi) is 8.47. The minimum atomic E-state index is -4.17. The number of hydrogen-bond acceptors (Lipinski definition) is 8. The molecule has 204 valence electrons. The zero-order valence-corrected chi connectivity index (χ0v) is 22.1. The standard InChI is InChI=1S/C25H32N6O6S/c1-16-9-14-31(21(15-16)37-25(33)34)23(32)19(6-4-10-27-24-28-12-13-29-24)30-38(35,36)20-7-3-5-18-17(2)8-11-26-22(18)20/h3,5,7-8,11-13,16,19,21,30H,4,6,9-10,14-15H2,1-2H3,(H,33,34)(H2,27,28,29)/t16-,19+,21-/m1/s1. The molecule has 2 aromatic heterocycles. The average Bonchev–Trinajstić information content (AvgIpc) is 3.39. The van der Waals surface area contributed by atoms with E-state index in [1.165, 1.54) is 11.0 Å². The summed E-state index contributed by atoms with van der Waals surface area (Å²) in [4.78, 5) is 37.6. The summed E-state index contributed by atoms with van der Waals surface area (Å²) in [5, 5.41) is 13.0. The van der Waals surface area contributed by atoms with Crippen LogP contribution in [0.15, 0.2) is 47.8 Å². The summed E-state index contributed by atoms with van der Waals surface area (Å²) in [5.41, 5.74) is 1.18. The lowest BCUT2D eigenvalue weighted by atomic mass is 9.96. The van der Waals surface area contributed by atoms with Crippen LogP contribution in [0.1, 0.15) is 38.2 Å². The van der Waals surface area contributed by atoms with Crippen LogP contribution >= 0.6 is 0 Å². The average molecular weight is 545 g/mol. The molecule has 1 aliphatic rings. The van der Waals surface area contributed by atoms with E-state index in [0.29, 0.717) is 42.7 Å². The van der Waals surface area contributed by atoms with Gasteiger partial charge in [-0.3, -0.25) is 9.78 Å². The highest BCUT2D eigenvalue weighted by atomic mass is 32.2. The number of amides is 1. The number of nitrogens with zero attached hydrogens (tertiary/aromatic N) is 3. The van der Waals surface area contributed by atoms with E-state index in [9.17, 15) is 23.1 Å². The van der Waals surface area contributed by atoms with Gasteiger partial charge in [-0.15, -0.1) is 0 Å². The maximum atomic E-state index is 13.7. The molecule has 1 amide bonds. The molecular formula is C25H32N6O6S. The van der Waals surface area contributed by atoms with Crippen LogP contribution in [0.2, 0.25) is 0 Å². The number of piperidine rings is 1. The van der Waals surface area contributed by atoms with Gasteiger partial charge in [0, 0.05) is 43.5 Å². The van der Waals surface area contributed by atoms with E-state index in [-0.39, 0.29) is 23.8 Å². The SMILES string of the molecule is Cc1ccnc2c(S(=O)(=O)N[C@@H](CCCNc3ncc[nH]3)C(=O)N3CC[C@@H](C)C[C@H]3OC(=O)O)cccc12. The smallest absolute Gasteiger partial charge is 0.450 e. The topological polar surface area (TPSA) is 167 Å². The number of likely N-dealkylation sites (tertiary alicyclic amines) is 1. The van der Waals surface area contributed by atoms with Gasteiger partial charge in [0.1, 0.15) is 10.9 Å². The first kappa shape index (κ1) is 27.3. The zero-order chi connectivity index (χ0) is 27.3. The van der Waals surface area contributed by atoms with E-state index in [0.717, 1.165) is 5.56 Å². The molecule has 1 aliphatic heterocycles. The number of aromatic amines is 1. The molecule has 1 fully saturated rings. The highest BCUT2D eigenvalue weighted by Crippen LogP contribution is 2.27. The van der Waals surface area contributed by atoms with Crippen LogP contribution in [0.25, 0.3) is 10.9 Å². The van der Waals surface area contributed by atoms with Crippen LogP contribution in [0.5, 0.6) is 0 Å². The third-order valence-electron chi connectivity index (χ3n) is 6.63.